The largest absolute Gasteiger partial charge is 0.368 e. The van der Waals surface area contributed by atoms with Gasteiger partial charge in [-0.2, -0.15) is 0 Å². The predicted octanol–water partition coefficient (Wildman–Crippen LogP) is 3.02. The van der Waals surface area contributed by atoms with Gasteiger partial charge >= 0.3 is 0 Å². The van der Waals surface area contributed by atoms with Gasteiger partial charge in [-0.15, -0.1) is 0 Å². The highest BCUT2D eigenvalue weighted by molar-refractivity contribution is 9.10. The van der Waals surface area contributed by atoms with Gasteiger partial charge in [-0.1, -0.05) is 25.4 Å². The molecule has 0 bridgehead atoms. The molecule has 100 valence electrons. The Hall–Kier alpha value is -0.230. The van der Waals surface area contributed by atoms with Crippen LogP contribution < -0.4 is 0 Å². The van der Waals surface area contributed by atoms with Crippen LogP contribution in [0.25, 0.3) is 0 Å². The lowest BCUT2D eigenvalue weighted by molar-refractivity contribution is -0.0256. The number of aromatic nitrogens is 2. The minimum absolute atomic E-state index is 0.0909. The van der Waals surface area contributed by atoms with Gasteiger partial charge in [-0.3, -0.25) is 0 Å². The molecule has 0 aromatic carbocycles. The monoisotopic (exact) mass is 333 g/mol. The van der Waals surface area contributed by atoms with Crippen molar-refractivity contribution in [3.8, 4) is 0 Å². The van der Waals surface area contributed by atoms with Crippen molar-refractivity contribution in [3.05, 3.63) is 21.1 Å². The van der Waals surface area contributed by atoms with E-state index in [1.54, 1.807) is 0 Å². The highest BCUT2D eigenvalue weighted by atomic mass is 79.9. The van der Waals surface area contributed by atoms with Crippen LogP contribution >= 0.6 is 27.5 Å². The Bertz CT molecular complexity index is 442. The van der Waals surface area contributed by atoms with Crippen molar-refractivity contribution >= 4 is 27.5 Å². The first kappa shape index (κ1) is 14.2. The molecule has 1 fully saturated rings. The molecule has 0 aliphatic carbocycles. The van der Waals surface area contributed by atoms with Gasteiger partial charge in [0.25, 0.3) is 0 Å². The fourth-order valence-corrected chi connectivity index (χ4v) is 2.73. The molecule has 0 N–H and O–H groups in total. The number of hydrogen-bond acceptors (Lipinski definition) is 4. The molecule has 1 aliphatic rings. The summed E-state index contributed by atoms with van der Waals surface area (Å²) in [6.45, 7) is 6.62. The van der Waals surface area contributed by atoms with Crippen LogP contribution in [0, 0.1) is 0 Å². The van der Waals surface area contributed by atoms with E-state index < -0.39 is 0 Å². The molecule has 6 heteroatoms. The van der Waals surface area contributed by atoms with Crippen molar-refractivity contribution in [1.29, 1.82) is 0 Å². The second kappa shape index (κ2) is 5.82. The molecule has 2 rings (SSSR count). The Balaban J connectivity index is 2.33. The first-order chi connectivity index (χ1) is 8.49. The SMILES string of the molecule is CC(C)c1nc(C2CN(C)CCO2)nc(Cl)c1Br. The van der Waals surface area contributed by atoms with Gasteiger partial charge in [0.15, 0.2) is 5.82 Å². The molecule has 0 amide bonds. The zero-order chi connectivity index (χ0) is 13.3. The first-order valence-corrected chi connectivity index (χ1v) is 7.19. The average molecular weight is 335 g/mol. The summed E-state index contributed by atoms with van der Waals surface area (Å²) < 4.78 is 6.51. The van der Waals surface area contributed by atoms with Gasteiger partial charge < -0.3 is 9.64 Å². The standard InChI is InChI=1S/C12H17BrClN3O/c1-7(2)10-9(13)11(14)16-12(15-10)8-6-17(3)4-5-18-8/h7-8H,4-6H2,1-3H3. The number of halogens is 2. The molecule has 0 radical (unpaired) electrons. The van der Waals surface area contributed by atoms with Crippen molar-refractivity contribution in [2.75, 3.05) is 26.7 Å². The summed E-state index contributed by atoms with van der Waals surface area (Å²) >= 11 is 9.59. The van der Waals surface area contributed by atoms with Crippen LogP contribution in [0.3, 0.4) is 0 Å². The molecule has 1 aromatic rings. The average Bonchev–Trinajstić information content (AvgIpc) is 2.32. The third-order valence-corrected chi connectivity index (χ3v) is 4.24. The molecule has 1 aliphatic heterocycles. The first-order valence-electron chi connectivity index (χ1n) is 6.02. The van der Waals surface area contributed by atoms with Gasteiger partial charge in [-0.25, -0.2) is 9.97 Å². The fourth-order valence-electron chi connectivity index (χ4n) is 1.91. The molecule has 2 heterocycles. The maximum atomic E-state index is 6.15. The minimum atomic E-state index is -0.0909. The van der Waals surface area contributed by atoms with Crippen LogP contribution in [0.15, 0.2) is 4.47 Å². The Kier molecular flexibility index (Phi) is 4.59. The molecule has 0 spiro atoms. The lowest BCUT2D eigenvalue weighted by Gasteiger charge is -2.29. The summed E-state index contributed by atoms with van der Waals surface area (Å²) in [6, 6.07) is 0. The quantitative estimate of drug-likeness (QED) is 0.779. The molecular weight excluding hydrogens is 318 g/mol. The van der Waals surface area contributed by atoms with E-state index in [0.717, 1.165) is 23.3 Å². The summed E-state index contributed by atoms with van der Waals surface area (Å²) in [5.41, 5.74) is 0.932. The van der Waals surface area contributed by atoms with Crippen LogP contribution in [-0.2, 0) is 4.74 Å². The molecule has 18 heavy (non-hydrogen) atoms. The summed E-state index contributed by atoms with van der Waals surface area (Å²) in [5.74, 6) is 0.971. The summed E-state index contributed by atoms with van der Waals surface area (Å²) in [4.78, 5) is 11.1. The van der Waals surface area contributed by atoms with E-state index >= 15 is 0 Å². The second-order valence-electron chi connectivity index (χ2n) is 4.85. The molecule has 1 unspecified atom stereocenters. The number of rotatable bonds is 2. The Morgan fingerprint density at radius 3 is 2.78 bits per heavy atom. The summed E-state index contributed by atoms with van der Waals surface area (Å²) in [6.07, 6.45) is -0.0909. The van der Waals surface area contributed by atoms with Crippen molar-refractivity contribution in [2.45, 2.75) is 25.9 Å². The number of likely N-dealkylation sites (N-methyl/N-ethyl adjacent to an activating group) is 1. The van der Waals surface area contributed by atoms with E-state index in [2.05, 4.69) is 51.7 Å². The highest BCUT2D eigenvalue weighted by Crippen LogP contribution is 2.30. The Morgan fingerprint density at radius 2 is 2.17 bits per heavy atom. The van der Waals surface area contributed by atoms with Gasteiger partial charge in [0.1, 0.15) is 11.3 Å². The lowest BCUT2D eigenvalue weighted by atomic mass is 10.1. The molecule has 1 saturated heterocycles. The number of hydrogen-bond donors (Lipinski definition) is 0. The van der Waals surface area contributed by atoms with Gasteiger partial charge in [0.2, 0.25) is 0 Å². The number of morpholine rings is 1. The van der Waals surface area contributed by atoms with Crippen LogP contribution in [0.1, 0.15) is 37.4 Å². The maximum Gasteiger partial charge on any atom is 0.160 e. The fraction of sp³-hybridized carbons (Fsp3) is 0.667. The lowest BCUT2D eigenvalue weighted by Crippen LogP contribution is -2.36. The van der Waals surface area contributed by atoms with Gasteiger partial charge in [0, 0.05) is 13.1 Å². The van der Waals surface area contributed by atoms with E-state index in [1.807, 2.05) is 0 Å². The van der Waals surface area contributed by atoms with Crippen molar-refractivity contribution in [3.63, 3.8) is 0 Å². The minimum Gasteiger partial charge on any atom is -0.368 e. The molecular formula is C12H17BrClN3O. The molecule has 4 nitrogen and oxygen atoms in total. The Morgan fingerprint density at radius 1 is 1.44 bits per heavy atom. The maximum absolute atomic E-state index is 6.15. The van der Waals surface area contributed by atoms with Crippen molar-refractivity contribution in [1.82, 2.24) is 14.9 Å². The van der Waals surface area contributed by atoms with Gasteiger partial charge in [-0.05, 0) is 28.9 Å². The van der Waals surface area contributed by atoms with Crippen molar-refractivity contribution in [2.24, 2.45) is 0 Å². The van der Waals surface area contributed by atoms with Crippen molar-refractivity contribution < 1.29 is 4.74 Å². The van der Waals surface area contributed by atoms with Gasteiger partial charge in [0.05, 0.1) is 16.8 Å². The second-order valence-corrected chi connectivity index (χ2v) is 6.00. The van der Waals surface area contributed by atoms with E-state index in [1.165, 1.54) is 0 Å². The zero-order valence-corrected chi connectivity index (χ0v) is 13.1. The third-order valence-electron chi connectivity index (χ3n) is 2.96. The molecule has 1 aromatic heterocycles. The summed E-state index contributed by atoms with van der Waals surface area (Å²) in [7, 11) is 2.07. The van der Waals surface area contributed by atoms with E-state index in [-0.39, 0.29) is 6.10 Å². The number of ether oxygens (including phenoxy) is 1. The van der Waals surface area contributed by atoms with Crippen LogP contribution in [0.2, 0.25) is 5.15 Å². The summed E-state index contributed by atoms with van der Waals surface area (Å²) in [5, 5.41) is 0.459. The Labute approximate surface area is 121 Å². The van der Waals surface area contributed by atoms with E-state index in [4.69, 9.17) is 16.3 Å². The van der Waals surface area contributed by atoms with Crippen LogP contribution in [0.5, 0.6) is 0 Å². The molecule has 1 atom stereocenters. The van der Waals surface area contributed by atoms with E-state index in [0.29, 0.717) is 23.5 Å². The normalized spacial score (nSPS) is 21.6. The van der Waals surface area contributed by atoms with Crippen LogP contribution in [-0.4, -0.2) is 41.6 Å². The predicted molar refractivity (Wildman–Crippen MR) is 75.0 cm³/mol. The number of nitrogens with zero attached hydrogens (tertiary/aromatic N) is 3. The molecule has 0 saturated carbocycles. The smallest absolute Gasteiger partial charge is 0.160 e. The zero-order valence-electron chi connectivity index (χ0n) is 10.8. The van der Waals surface area contributed by atoms with E-state index in [9.17, 15) is 0 Å². The topological polar surface area (TPSA) is 38.2 Å². The highest BCUT2D eigenvalue weighted by Gasteiger charge is 2.24. The third kappa shape index (κ3) is 3.02. The van der Waals surface area contributed by atoms with Crippen LogP contribution in [0.4, 0.5) is 0 Å².